The van der Waals surface area contributed by atoms with E-state index >= 15 is 0 Å². The third kappa shape index (κ3) is 22.7. The number of hydrogen-bond donors (Lipinski definition) is 1. The highest BCUT2D eigenvalue weighted by molar-refractivity contribution is 8.03. The summed E-state index contributed by atoms with van der Waals surface area (Å²) in [7, 11) is 0. The van der Waals surface area contributed by atoms with Gasteiger partial charge in [-0.1, -0.05) is 49.2 Å². The smallest absolute Gasteiger partial charge is 0.330 e. The number of ether oxygens (including phenoxy) is 11. The van der Waals surface area contributed by atoms with E-state index in [1.165, 1.54) is 12.1 Å². The van der Waals surface area contributed by atoms with Crippen LogP contribution in [0, 0.1) is 46.3 Å². The Hall–Kier alpha value is -9.33. The van der Waals surface area contributed by atoms with E-state index in [0.717, 1.165) is 35.0 Å². The molecule has 0 aromatic heterocycles. The van der Waals surface area contributed by atoms with Crippen LogP contribution in [0.15, 0.2) is 101 Å². The van der Waals surface area contributed by atoms with Crippen molar-refractivity contribution in [3.63, 3.8) is 0 Å². The maximum atomic E-state index is 13.7. The topological polar surface area (TPSA) is 332 Å². The van der Waals surface area contributed by atoms with E-state index in [4.69, 9.17) is 52.1 Å². The molecule has 3 aromatic rings. The molecule has 90 heavy (non-hydrogen) atoms. The normalized spacial score (nSPS) is 17.4. The lowest BCUT2D eigenvalue weighted by Crippen LogP contribution is -2.30. The molecule has 0 saturated heterocycles. The summed E-state index contributed by atoms with van der Waals surface area (Å²) in [6.45, 7) is 11.4. The Balaban J connectivity index is 0.885. The van der Waals surface area contributed by atoms with Crippen LogP contribution in [-0.2, 0) is 93.9 Å². The Morgan fingerprint density at radius 2 is 0.889 bits per heavy atom. The van der Waals surface area contributed by atoms with Gasteiger partial charge in [0.15, 0.2) is 11.3 Å². The Bertz CT molecular complexity index is 3210. The van der Waals surface area contributed by atoms with Gasteiger partial charge in [0.05, 0.1) is 79.7 Å². The molecule has 2 saturated carbocycles. The third-order valence-corrected chi connectivity index (χ3v) is 15.5. The Kier molecular flexibility index (Phi) is 27.6. The van der Waals surface area contributed by atoms with Gasteiger partial charge in [-0.25, -0.2) is 9.59 Å². The number of esters is 10. The van der Waals surface area contributed by atoms with E-state index in [0.29, 0.717) is 80.6 Å². The lowest BCUT2D eigenvalue weighted by Gasteiger charge is -2.26. The van der Waals surface area contributed by atoms with Gasteiger partial charge in [-0.05, 0) is 120 Å². The highest BCUT2D eigenvalue weighted by Crippen LogP contribution is 2.52. The van der Waals surface area contributed by atoms with Gasteiger partial charge in [-0.3, -0.25) is 38.4 Å². The molecule has 2 fully saturated rings. The summed E-state index contributed by atoms with van der Waals surface area (Å²) in [5, 5.41) is 22.5. The molecule has 24 nitrogen and oxygen atoms in total. The number of nitrogens with one attached hydrogen (secondary N) is 1. The number of thioether (sulfide) groups is 1. The second-order valence-corrected chi connectivity index (χ2v) is 22.4. The molecule has 6 rings (SSSR count). The molecular formula is C65H71N3O21S. The van der Waals surface area contributed by atoms with E-state index in [-0.39, 0.29) is 86.5 Å². The first-order valence-electron chi connectivity index (χ1n) is 29.4. The maximum absolute atomic E-state index is 13.7. The molecule has 3 atom stereocenters. The van der Waals surface area contributed by atoms with Crippen LogP contribution in [0.1, 0.15) is 109 Å². The zero-order valence-electron chi connectivity index (χ0n) is 50.2. The van der Waals surface area contributed by atoms with E-state index in [2.05, 4.69) is 18.5 Å². The highest BCUT2D eigenvalue weighted by atomic mass is 32.2. The van der Waals surface area contributed by atoms with Gasteiger partial charge in [-0.15, -0.1) is 0 Å². The van der Waals surface area contributed by atoms with Crippen molar-refractivity contribution in [2.75, 3.05) is 38.4 Å². The minimum atomic E-state index is -0.676. The van der Waals surface area contributed by atoms with Crippen molar-refractivity contribution >= 4 is 77.1 Å². The van der Waals surface area contributed by atoms with Crippen molar-refractivity contribution in [2.24, 2.45) is 23.7 Å². The molecule has 1 N–H and O–H groups in total. The lowest BCUT2D eigenvalue weighted by atomic mass is 9.82. The molecule has 25 heteroatoms. The predicted octanol–water partition coefficient (Wildman–Crippen LogP) is 8.56. The molecule has 478 valence electrons. The highest BCUT2D eigenvalue weighted by Gasteiger charge is 2.37. The summed E-state index contributed by atoms with van der Waals surface area (Å²) in [4.78, 5) is 125. The Morgan fingerprint density at radius 1 is 0.511 bits per heavy atom. The molecule has 0 spiro atoms. The zero-order valence-corrected chi connectivity index (χ0v) is 51.0. The fourth-order valence-electron chi connectivity index (χ4n) is 9.47. The first-order valence-corrected chi connectivity index (χ1v) is 30.2. The summed E-state index contributed by atoms with van der Waals surface area (Å²) in [6.07, 6.45) is 3.09. The van der Waals surface area contributed by atoms with Crippen LogP contribution in [0.25, 0.3) is 0 Å². The van der Waals surface area contributed by atoms with Crippen molar-refractivity contribution in [3.8, 4) is 35.1 Å². The van der Waals surface area contributed by atoms with Gasteiger partial charge in [0.1, 0.15) is 66.0 Å². The molecule has 3 aliphatic rings. The SMILES string of the molecule is C=CC(=O)OCC(C)OC(C)COC(=O)CCC(=O)OCCc1ccc(OC(=O)C2CCC(C(=O)Oc3ccc(OC(=O)C4CCC(C(=O)Oc5ccc(CCOC(=O)CCC(=O)OCC(C)OC(=O)C=C)cc5)CC4)c4c3NC(=C(C#N)C#N)S4)CC2)cc1. The number of anilines is 1. The number of nitrogens with zero attached hydrogens (tertiary/aromatic N) is 2. The van der Waals surface area contributed by atoms with Crippen LogP contribution in [0.4, 0.5) is 5.69 Å². The minimum absolute atomic E-state index is 0.0104. The van der Waals surface area contributed by atoms with Gasteiger partial charge < -0.3 is 57.4 Å². The maximum Gasteiger partial charge on any atom is 0.330 e. The van der Waals surface area contributed by atoms with Crippen molar-refractivity contribution in [1.29, 1.82) is 10.5 Å². The molecule has 0 amide bonds. The monoisotopic (exact) mass is 1260 g/mol. The molecule has 3 aromatic carbocycles. The first kappa shape index (κ1) is 69.8. The van der Waals surface area contributed by atoms with Crippen LogP contribution >= 0.6 is 11.8 Å². The molecule has 3 unspecified atom stereocenters. The summed E-state index contributed by atoms with van der Waals surface area (Å²) >= 11 is 0.972. The van der Waals surface area contributed by atoms with Crippen molar-refractivity contribution in [2.45, 2.75) is 134 Å². The number of carbonyl (C=O) groups excluding carboxylic acids is 10. The second kappa shape index (κ2) is 35.6. The number of rotatable bonds is 31. The fraction of sp³-hybridized carbons (Fsp3) is 0.446. The summed E-state index contributed by atoms with van der Waals surface area (Å²) in [5.41, 5.74) is 1.58. The minimum Gasteiger partial charge on any atom is -0.465 e. The molecular weight excluding hydrogens is 1190 g/mol. The van der Waals surface area contributed by atoms with Crippen molar-refractivity contribution in [1.82, 2.24) is 0 Å². The molecule has 2 aliphatic carbocycles. The predicted molar refractivity (Wildman–Crippen MR) is 317 cm³/mol. The summed E-state index contributed by atoms with van der Waals surface area (Å²) < 4.78 is 59.3. The van der Waals surface area contributed by atoms with E-state index < -0.39 is 102 Å². The average Bonchev–Trinajstić information content (AvgIpc) is 1.70. The molecule has 0 radical (unpaired) electrons. The van der Waals surface area contributed by atoms with Crippen molar-refractivity contribution in [3.05, 3.63) is 108 Å². The van der Waals surface area contributed by atoms with E-state index in [9.17, 15) is 58.5 Å². The summed E-state index contributed by atoms with van der Waals surface area (Å²) in [5.74, 6) is -6.97. The van der Waals surface area contributed by atoms with E-state index in [1.54, 1.807) is 69.3 Å². The fourth-order valence-corrected chi connectivity index (χ4v) is 10.5. The van der Waals surface area contributed by atoms with Gasteiger partial charge in [-0.2, -0.15) is 10.5 Å². The first-order chi connectivity index (χ1) is 43.2. The number of carbonyl (C=O) groups is 10. The van der Waals surface area contributed by atoms with Crippen LogP contribution in [0.2, 0.25) is 0 Å². The number of nitriles is 2. The molecule has 1 aliphatic heterocycles. The van der Waals surface area contributed by atoms with Gasteiger partial charge in [0.2, 0.25) is 0 Å². The van der Waals surface area contributed by atoms with Crippen LogP contribution in [-0.4, -0.2) is 111 Å². The number of allylic oxidation sites excluding steroid dienone is 1. The number of benzene rings is 3. The van der Waals surface area contributed by atoms with Crippen LogP contribution in [0.3, 0.4) is 0 Å². The Morgan fingerprint density at radius 3 is 1.31 bits per heavy atom. The second-order valence-electron chi connectivity index (χ2n) is 21.3. The van der Waals surface area contributed by atoms with Crippen LogP contribution < -0.4 is 24.3 Å². The lowest BCUT2D eigenvalue weighted by molar-refractivity contribution is -0.156. The van der Waals surface area contributed by atoms with Crippen LogP contribution in [0.5, 0.6) is 23.0 Å². The Labute approximate surface area is 524 Å². The van der Waals surface area contributed by atoms with Gasteiger partial charge in [0, 0.05) is 25.0 Å². The zero-order chi connectivity index (χ0) is 65.1. The van der Waals surface area contributed by atoms with E-state index in [1.807, 2.05) is 12.1 Å². The van der Waals surface area contributed by atoms with Gasteiger partial charge in [0.25, 0.3) is 0 Å². The molecule has 1 heterocycles. The average molecular weight is 1260 g/mol. The standard InChI is InChI=1S/C65H71N3O21S/c1-6-53(69)81-36-39(3)84-40(4)37-82-57(73)28-26-55(71)79-32-30-42-8-20-49(21-9-42)86-62(75)44-12-16-46(17-13-44)64(77)88-51-24-25-52(60-59(51)68-61(90-60)48(34-66)35-67)89-65(78)47-18-14-45(15-19-47)63(76)87-50-22-10-43(11-23-50)31-33-80-56(72)27-29-58(74)83-38-41(5)85-54(70)7-2/h6-11,20-25,39-41,44-47,68H,1-2,12-19,26-33,36-38H2,3-5H3. The summed E-state index contributed by atoms with van der Waals surface area (Å²) in [6, 6.07) is 20.0. The molecule has 0 bridgehead atoms. The van der Waals surface area contributed by atoms with Gasteiger partial charge >= 0.3 is 59.7 Å². The third-order valence-electron chi connectivity index (χ3n) is 14.4. The largest absolute Gasteiger partial charge is 0.465 e. The number of fused-ring (bicyclic) bond motifs is 1. The quantitative estimate of drug-likeness (QED) is 0.0207. The number of hydrogen-bond acceptors (Lipinski definition) is 25. The van der Waals surface area contributed by atoms with Crippen molar-refractivity contribution < 1.29 is 100 Å².